The van der Waals surface area contributed by atoms with Gasteiger partial charge in [-0.25, -0.2) is 0 Å². The summed E-state index contributed by atoms with van der Waals surface area (Å²) >= 11 is 0. The van der Waals surface area contributed by atoms with Gasteiger partial charge in [-0.15, -0.1) is 0 Å². The van der Waals surface area contributed by atoms with E-state index in [1.165, 1.54) is 0 Å². The van der Waals surface area contributed by atoms with Gasteiger partial charge in [-0.2, -0.15) is 0 Å². The topological polar surface area (TPSA) is 150 Å². The van der Waals surface area contributed by atoms with Gasteiger partial charge in [0.2, 0.25) is 23.6 Å². The number of aliphatic hydroxyl groups excluding tert-OH is 1. The summed E-state index contributed by atoms with van der Waals surface area (Å²) in [6.07, 6.45) is 0.134. The van der Waals surface area contributed by atoms with E-state index in [2.05, 4.69) is 16.0 Å². The third kappa shape index (κ3) is 12.5. The van der Waals surface area contributed by atoms with Crippen LogP contribution >= 0.6 is 0 Å². The number of amides is 4. The van der Waals surface area contributed by atoms with Crippen LogP contribution in [0, 0.1) is 23.7 Å². The van der Waals surface area contributed by atoms with Crippen LogP contribution in [-0.4, -0.2) is 115 Å². The number of methoxy groups -OCH3 is 2. The van der Waals surface area contributed by atoms with Crippen LogP contribution in [0.1, 0.15) is 107 Å². The van der Waals surface area contributed by atoms with Crippen LogP contribution in [0.4, 0.5) is 0 Å². The Hall–Kier alpha value is -3.06. The number of rotatable bonds is 21. The van der Waals surface area contributed by atoms with Crippen molar-refractivity contribution in [2.24, 2.45) is 23.7 Å². The van der Waals surface area contributed by atoms with E-state index in [4.69, 9.17) is 9.47 Å². The van der Waals surface area contributed by atoms with Crippen molar-refractivity contribution in [1.29, 1.82) is 0 Å². The number of nitrogens with zero attached hydrogens (tertiary/aromatic N) is 2. The molecule has 1 aliphatic rings. The number of ether oxygens (including phenoxy) is 2. The SMILES string of the molecule is CC[C@H](C)C([C@@H](CC(=O)N1CCC[C@H]1[C@H](OC)[C@@H](C)C(=O)N[C@H](C)[C@@H](O)c1ccccc1)OC)N(C)C(=O)C(NC(=O)[C@@H](NC(C)C)C(C)C)C(C)C. The maximum absolute atomic E-state index is 14.2. The molecule has 1 aromatic carbocycles. The normalized spacial score (nSPS) is 19.9. The Kier molecular flexibility index (Phi) is 18.9. The fraction of sp³-hybridized carbons (Fsp3) is 0.756. The Balaban J connectivity index is 2.25. The van der Waals surface area contributed by atoms with E-state index in [0.29, 0.717) is 18.5 Å². The number of nitrogens with one attached hydrogen (secondary N) is 3. The highest BCUT2D eigenvalue weighted by molar-refractivity contribution is 5.90. The predicted octanol–water partition coefficient (Wildman–Crippen LogP) is 4.31. The van der Waals surface area contributed by atoms with E-state index >= 15 is 0 Å². The third-order valence-corrected chi connectivity index (χ3v) is 10.9. The van der Waals surface area contributed by atoms with Crippen molar-refractivity contribution in [3.63, 3.8) is 0 Å². The number of hydrogen-bond acceptors (Lipinski definition) is 8. The van der Waals surface area contributed by atoms with E-state index in [9.17, 15) is 24.3 Å². The molecule has 0 aromatic heterocycles. The number of carbonyl (C=O) groups excluding carboxylic acids is 4. The fourth-order valence-corrected chi connectivity index (χ4v) is 7.59. The van der Waals surface area contributed by atoms with Crippen molar-refractivity contribution in [2.75, 3.05) is 27.8 Å². The van der Waals surface area contributed by atoms with Crippen LogP contribution in [0.15, 0.2) is 30.3 Å². The lowest BCUT2D eigenvalue weighted by Gasteiger charge is -2.41. The van der Waals surface area contributed by atoms with E-state index in [-0.39, 0.29) is 59.9 Å². The monoisotopic (exact) mass is 746 g/mol. The first-order chi connectivity index (χ1) is 24.9. The van der Waals surface area contributed by atoms with Crippen LogP contribution in [0.3, 0.4) is 0 Å². The first kappa shape index (κ1) is 46.1. The molecule has 1 saturated heterocycles. The Labute approximate surface area is 319 Å². The summed E-state index contributed by atoms with van der Waals surface area (Å²) < 4.78 is 11.9. The molecule has 4 N–H and O–H groups in total. The van der Waals surface area contributed by atoms with Gasteiger partial charge in [-0.3, -0.25) is 19.2 Å². The first-order valence-corrected chi connectivity index (χ1v) is 19.6. The quantitative estimate of drug-likeness (QED) is 0.146. The van der Waals surface area contributed by atoms with Crippen LogP contribution in [-0.2, 0) is 28.7 Å². The first-order valence-electron chi connectivity index (χ1n) is 19.6. The van der Waals surface area contributed by atoms with Gasteiger partial charge in [-0.1, -0.05) is 99.1 Å². The Morgan fingerprint density at radius 2 is 1.49 bits per heavy atom. The largest absolute Gasteiger partial charge is 0.386 e. The van der Waals surface area contributed by atoms with Gasteiger partial charge in [0.25, 0.3) is 0 Å². The number of likely N-dealkylation sites (tertiary alicyclic amines) is 1. The highest BCUT2D eigenvalue weighted by atomic mass is 16.5. The molecule has 10 atom stereocenters. The lowest BCUT2D eigenvalue weighted by molar-refractivity contribution is -0.148. The highest BCUT2D eigenvalue weighted by Crippen LogP contribution is 2.30. The minimum absolute atomic E-state index is 0.0192. The zero-order valence-corrected chi connectivity index (χ0v) is 34.7. The molecule has 1 aromatic rings. The highest BCUT2D eigenvalue weighted by Gasteiger charge is 2.43. The van der Waals surface area contributed by atoms with E-state index in [1.807, 2.05) is 85.7 Å². The van der Waals surface area contributed by atoms with E-state index < -0.39 is 48.4 Å². The molecule has 12 nitrogen and oxygen atoms in total. The summed E-state index contributed by atoms with van der Waals surface area (Å²) in [4.78, 5) is 58.8. The number of hydrogen-bond donors (Lipinski definition) is 4. The molecular formula is C41H71N5O7. The van der Waals surface area contributed by atoms with E-state index in [0.717, 1.165) is 12.8 Å². The third-order valence-electron chi connectivity index (χ3n) is 10.9. The van der Waals surface area contributed by atoms with Crippen molar-refractivity contribution in [3.8, 4) is 0 Å². The standard InChI is InChI=1S/C41H71N5O7/c1-14-27(8)36(45(11)41(51)35(25(4)5)44-40(50)34(24(2)3)42-26(6)7)32(52-12)23-33(47)46-22-18-21-31(46)38(53-13)28(9)39(49)43-29(10)37(48)30-19-16-15-17-20-30/h15-17,19-20,24-29,31-32,34-38,42,48H,14,18,21-23H2,1-13H3,(H,43,49)(H,44,50)/t27-,28+,29+,31-,32+,34-,35?,36?,37+,38+/m0/s1. The Bertz CT molecular complexity index is 1290. The molecule has 0 radical (unpaired) electrons. The second kappa shape index (κ2) is 21.7. The number of aliphatic hydroxyl groups is 1. The van der Waals surface area contributed by atoms with E-state index in [1.54, 1.807) is 44.9 Å². The average molecular weight is 746 g/mol. The van der Waals surface area contributed by atoms with Crippen LogP contribution in [0.5, 0.6) is 0 Å². The van der Waals surface area contributed by atoms with Crippen molar-refractivity contribution < 1.29 is 33.8 Å². The molecule has 2 rings (SSSR count). The minimum Gasteiger partial charge on any atom is -0.386 e. The van der Waals surface area contributed by atoms with Gasteiger partial charge in [0.05, 0.1) is 54.8 Å². The van der Waals surface area contributed by atoms with Crippen molar-refractivity contribution in [3.05, 3.63) is 35.9 Å². The molecule has 12 heteroatoms. The molecular weight excluding hydrogens is 674 g/mol. The molecule has 1 fully saturated rings. The second-order valence-electron chi connectivity index (χ2n) is 16.0. The number of likely N-dealkylation sites (N-methyl/N-ethyl adjacent to an activating group) is 1. The Morgan fingerprint density at radius 1 is 0.887 bits per heavy atom. The van der Waals surface area contributed by atoms with Crippen molar-refractivity contribution in [2.45, 2.75) is 149 Å². The second-order valence-corrected chi connectivity index (χ2v) is 16.0. The molecule has 1 aliphatic heterocycles. The molecule has 0 spiro atoms. The van der Waals surface area contributed by atoms with Gasteiger partial charge in [0, 0.05) is 33.9 Å². The number of benzene rings is 1. The Morgan fingerprint density at radius 3 is 2.00 bits per heavy atom. The predicted molar refractivity (Wildman–Crippen MR) is 209 cm³/mol. The van der Waals surface area contributed by atoms with Crippen molar-refractivity contribution in [1.82, 2.24) is 25.8 Å². The summed E-state index contributed by atoms with van der Waals surface area (Å²) in [6.45, 7) is 19.9. The summed E-state index contributed by atoms with van der Waals surface area (Å²) in [5.74, 6) is -1.63. The van der Waals surface area contributed by atoms with Gasteiger partial charge in [0.15, 0.2) is 0 Å². The number of carbonyl (C=O) groups is 4. The molecule has 2 unspecified atom stereocenters. The van der Waals surface area contributed by atoms with Gasteiger partial charge in [0.1, 0.15) is 6.04 Å². The molecule has 302 valence electrons. The summed E-state index contributed by atoms with van der Waals surface area (Å²) in [5.41, 5.74) is 0.711. The maximum atomic E-state index is 14.2. The average Bonchev–Trinajstić information content (AvgIpc) is 3.61. The van der Waals surface area contributed by atoms with Gasteiger partial charge >= 0.3 is 0 Å². The molecule has 0 aliphatic carbocycles. The van der Waals surface area contributed by atoms with Crippen LogP contribution < -0.4 is 16.0 Å². The molecule has 0 saturated carbocycles. The lowest BCUT2D eigenvalue weighted by atomic mass is 9.89. The fourth-order valence-electron chi connectivity index (χ4n) is 7.59. The molecule has 0 bridgehead atoms. The molecule has 53 heavy (non-hydrogen) atoms. The summed E-state index contributed by atoms with van der Waals surface area (Å²) in [6, 6.07) is 6.74. The van der Waals surface area contributed by atoms with Crippen molar-refractivity contribution >= 4 is 23.6 Å². The molecule has 4 amide bonds. The minimum atomic E-state index is -0.877. The molecule has 1 heterocycles. The smallest absolute Gasteiger partial charge is 0.245 e. The van der Waals surface area contributed by atoms with Crippen LogP contribution in [0.25, 0.3) is 0 Å². The summed E-state index contributed by atoms with van der Waals surface area (Å²) in [7, 11) is 4.86. The zero-order chi connectivity index (χ0) is 40.2. The summed E-state index contributed by atoms with van der Waals surface area (Å²) in [5, 5.41) is 20.1. The lowest BCUT2D eigenvalue weighted by Crippen LogP contribution is -2.60. The van der Waals surface area contributed by atoms with Gasteiger partial charge < -0.3 is 40.3 Å². The zero-order valence-electron chi connectivity index (χ0n) is 34.7. The maximum Gasteiger partial charge on any atom is 0.245 e. The van der Waals surface area contributed by atoms with Gasteiger partial charge in [-0.05, 0) is 43.1 Å². The van der Waals surface area contributed by atoms with Crippen LogP contribution in [0.2, 0.25) is 0 Å².